The van der Waals surface area contributed by atoms with Crippen LogP contribution in [0.4, 0.5) is 15.8 Å². The van der Waals surface area contributed by atoms with E-state index in [-0.39, 0.29) is 23.5 Å². The fourth-order valence-corrected chi connectivity index (χ4v) is 4.44. The van der Waals surface area contributed by atoms with Crippen molar-refractivity contribution in [2.75, 3.05) is 36.4 Å². The molecule has 164 valence electrons. The van der Waals surface area contributed by atoms with Gasteiger partial charge in [0.1, 0.15) is 5.82 Å². The first-order valence-electron chi connectivity index (χ1n) is 11.1. The minimum absolute atomic E-state index is 0.0128. The van der Waals surface area contributed by atoms with Gasteiger partial charge in [-0.3, -0.25) is 9.59 Å². The molecule has 1 aliphatic carbocycles. The van der Waals surface area contributed by atoms with E-state index in [0.717, 1.165) is 49.3 Å². The maximum Gasteiger partial charge on any atom is 0.233 e. The van der Waals surface area contributed by atoms with Crippen molar-refractivity contribution < 1.29 is 14.0 Å². The Morgan fingerprint density at radius 1 is 0.935 bits per heavy atom. The van der Waals surface area contributed by atoms with Crippen molar-refractivity contribution in [2.45, 2.75) is 38.5 Å². The molecule has 2 fully saturated rings. The van der Waals surface area contributed by atoms with Crippen LogP contribution >= 0.6 is 0 Å². The van der Waals surface area contributed by atoms with Crippen molar-refractivity contribution in [1.29, 1.82) is 0 Å². The van der Waals surface area contributed by atoms with Gasteiger partial charge in [0.25, 0.3) is 0 Å². The van der Waals surface area contributed by atoms with Crippen LogP contribution in [0.15, 0.2) is 48.5 Å². The van der Waals surface area contributed by atoms with Crippen LogP contribution in [0.5, 0.6) is 0 Å². The van der Waals surface area contributed by atoms with Gasteiger partial charge < -0.3 is 15.1 Å². The lowest BCUT2D eigenvalue weighted by atomic mass is 9.63. The third-order valence-electron chi connectivity index (χ3n) is 6.60. The summed E-state index contributed by atoms with van der Waals surface area (Å²) in [5, 5.41) is 2.91. The van der Waals surface area contributed by atoms with E-state index < -0.39 is 5.41 Å². The highest BCUT2D eigenvalue weighted by Crippen LogP contribution is 2.45. The normalized spacial score (nSPS) is 17.9. The van der Waals surface area contributed by atoms with Crippen LogP contribution in [0, 0.1) is 11.7 Å². The Balaban J connectivity index is 1.42. The molecular formula is C25H30FN3O2. The zero-order chi connectivity index (χ0) is 22.0. The molecule has 1 N–H and O–H groups in total. The molecule has 0 bridgehead atoms. The number of carbonyl (C=O) groups excluding carboxylic acids is 2. The maximum absolute atomic E-state index is 13.5. The second-order valence-corrected chi connectivity index (χ2v) is 8.91. The molecule has 1 aliphatic heterocycles. The number of hydrogen-bond donors (Lipinski definition) is 1. The van der Waals surface area contributed by atoms with Gasteiger partial charge >= 0.3 is 0 Å². The van der Waals surface area contributed by atoms with Gasteiger partial charge in [0.05, 0.1) is 5.41 Å². The molecule has 2 amide bonds. The molecule has 2 aromatic carbocycles. The van der Waals surface area contributed by atoms with Crippen LogP contribution in [0.1, 0.15) is 38.7 Å². The number of piperazine rings is 1. The van der Waals surface area contributed by atoms with Gasteiger partial charge in [-0.05, 0) is 54.8 Å². The lowest BCUT2D eigenvalue weighted by Crippen LogP contribution is -2.56. The standard InChI is InChI=1S/C25H30FN3O2/c1-18(2)23(30)27-21-8-4-19(5-9-21)25(12-3-13-25)24(31)29-16-14-28(15-17-29)22-10-6-20(26)7-11-22/h4-11,18H,3,12-17H2,1-2H3,(H,27,30). The van der Waals surface area contributed by atoms with Crippen molar-refractivity contribution in [1.82, 2.24) is 4.90 Å². The maximum atomic E-state index is 13.5. The van der Waals surface area contributed by atoms with Gasteiger partial charge in [-0.15, -0.1) is 0 Å². The number of benzene rings is 2. The largest absolute Gasteiger partial charge is 0.368 e. The van der Waals surface area contributed by atoms with E-state index in [2.05, 4.69) is 10.2 Å². The molecule has 4 rings (SSSR count). The molecule has 31 heavy (non-hydrogen) atoms. The summed E-state index contributed by atoms with van der Waals surface area (Å²) >= 11 is 0. The molecule has 1 heterocycles. The third kappa shape index (κ3) is 4.29. The minimum atomic E-state index is -0.446. The van der Waals surface area contributed by atoms with Crippen molar-refractivity contribution in [3.63, 3.8) is 0 Å². The highest BCUT2D eigenvalue weighted by Gasteiger charge is 2.48. The summed E-state index contributed by atoms with van der Waals surface area (Å²) in [5.41, 5.74) is 2.34. The molecule has 2 aromatic rings. The van der Waals surface area contributed by atoms with Crippen molar-refractivity contribution in [3.8, 4) is 0 Å². The topological polar surface area (TPSA) is 52.7 Å². The molecule has 6 heteroatoms. The fourth-order valence-electron chi connectivity index (χ4n) is 4.44. The van der Waals surface area contributed by atoms with Crippen molar-refractivity contribution >= 4 is 23.2 Å². The molecule has 0 radical (unpaired) electrons. The smallest absolute Gasteiger partial charge is 0.233 e. The number of hydrogen-bond acceptors (Lipinski definition) is 3. The summed E-state index contributed by atoms with van der Waals surface area (Å²) in [6.07, 6.45) is 2.77. The zero-order valence-corrected chi connectivity index (χ0v) is 18.2. The summed E-state index contributed by atoms with van der Waals surface area (Å²) in [6, 6.07) is 14.3. The lowest BCUT2D eigenvalue weighted by Gasteiger charge is -2.46. The Morgan fingerprint density at radius 3 is 2.06 bits per heavy atom. The Bertz CT molecular complexity index is 928. The van der Waals surface area contributed by atoms with Gasteiger partial charge in [0.15, 0.2) is 0 Å². The van der Waals surface area contributed by atoms with Crippen LogP contribution < -0.4 is 10.2 Å². The van der Waals surface area contributed by atoms with Gasteiger partial charge in [0.2, 0.25) is 11.8 Å². The quantitative estimate of drug-likeness (QED) is 0.785. The Labute approximate surface area is 183 Å². The number of carbonyl (C=O) groups is 2. The van der Waals surface area contributed by atoms with E-state index in [1.807, 2.05) is 43.0 Å². The van der Waals surface area contributed by atoms with E-state index in [4.69, 9.17) is 0 Å². The van der Waals surface area contributed by atoms with Gasteiger partial charge in [0, 0.05) is 43.5 Å². The highest BCUT2D eigenvalue weighted by atomic mass is 19.1. The second kappa shape index (κ2) is 8.69. The van der Waals surface area contributed by atoms with Crippen LogP contribution in [-0.4, -0.2) is 42.9 Å². The number of anilines is 2. The van der Waals surface area contributed by atoms with E-state index in [1.54, 1.807) is 12.1 Å². The predicted octanol–water partition coefficient (Wildman–Crippen LogP) is 4.19. The Hall–Kier alpha value is -2.89. The molecule has 0 spiro atoms. The summed E-state index contributed by atoms with van der Waals surface area (Å²) in [4.78, 5) is 29.6. The molecule has 2 aliphatic rings. The van der Waals surface area contributed by atoms with E-state index in [1.165, 1.54) is 12.1 Å². The minimum Gasteiger partial charge on any atom is -0.368 e. The molecule has 5 nitrogen and oxygen atoms in total. The molecule has 1 saturated carbocycles. The molecule has 0 unspecified atom stereocenters. The first-order valence-corrected chi connectivity index (χ1v) is 11.1. The SMILES string of the molecule is CC(C)C(=O)Nc1ccc(C2(C(=O)N3CCN(c4ccc(F)cc4)CC3)CCC2)cc1. The number of amides is 2. The zero-order valence-electron chi connectivity index (χ0n) is 18.2. The fraction of sp³-hybridized carbons (Fsp3) is 0.440. The first kappa shape index (κ1) is 21.3. The van der Waals surface area contributed by atoms with Crippen LogP contribution in [0.25, 0.3) is 0 Å². The summed E-state index contributed by atoms with van der Waals surface area (Å²) in [5.74, 6) is -0.121. The molecule has 0 atom stereocenters. The number of halogens is 1. The third-order valence-corrected chi connectivity index (χ3v) is 6.60. The van der Waals surface area contributed by atoms with Crippen LogP contribution in [-0.2, 0) is 15.0 Å². The lowest BCUT2D eigenvalue weighted by molar-refractivity contribution is -0.141. The molecule has 1 saturated heterocycles. The molecule has 0 aromatic heterocycles. The highest BCUT2D eigenvalue weighted by molar-refractivity contribution is 5.93. The first-order chi connectivity index (χ1) is 14.9. The van der Waals surface area contributed by atoms with Gasteiger partial charge in [-0.1, -0.05) is 32.4 Å². The van der Waals surface area contributed by atoms with Crippen molar-refractivity contribution in [3.05, 3.63) is 59.9 Å². The Kier molecular flexibility index (Phi) is 5.99. The van der Waals surface area contributed by atoms with Gasteiger partial charge in [-0.25, -0.2) is 4.39 Å². The molecular weight excluding hydrogens is 393 g/mol. The number of nitrogens with zero attached hydrogens (tertiary/aromatic N) is 2. The summed E-state index contributed by atoms with van der Waals surface area (Å²) in [7, 11) is 0. The summed E-state index contributed by atoms with van der Waals surface area (Å²) in [6.45, 7) is 6.55. The van der Waals surface area contributed by atoms with Gasteiger partial charge in [-0.2, -0.15) is 0 Å². The number of nitrogens with one attached hydrogen (secondary N) is 1. The van der Waals surface area contributed by atoms with E-state index >= 15 is 0 Å². The number of rotatable bonds is 5. The summed E-state index contributed by atoms with van der Waals surface area (Å²) < 4.78 is 13.2. The van der Waals surface area contributed by atoms with Crippen molar-refractivity contribution in [2.24, 2.45) is 5.92 Å². The van der Waals surface area contributed by atoms with Crippen LogP contribution in [0.3, 0.4) is 0 Å². The predicted molar refractivity (Wildman–Crippen MR) is 121 cm³/mol. The monoisotopic (exact) mass is 423 g/mol. The average molecular weight is 424 g/mol. The van der Waals surface area contributed by atoms with E-state index in [9.17, 15) is 14.0 Å². The Morgan fingerprint density at radius 2 is 1.55 bits per heavy atom. The van der Waals surface area contributed by atoms with E-state index in [0.29, 0.717) is 13.1 Å². The average Bonchev–Trinajstić information content (AvgIpc) is 2.74. The second-order valence-electron chi connectivity index (χ2n) is 8.91. The van der Waals surface area contributed by atoms with Crippen LogP contribution in [0.2, 0.25) is 0 Å².